The lowest BCUT2D eigenvalue weighted by Gasteiger charge is -2.41. The van der Waals surface area contributed by atoms with Gasteiger partial charge in [0.15, 0.2) is 0 Å². The van der Waals surface area contributed by atoms with Crippen LogP contribution in [-0.2, 0) is 20.9 Å². The summed E-state index contributed by atoms with van der Waals surface area (Å²) >= 11 is 0. The highest BCUT2D eigenvalue weighted by molar-refractivity contribution is 5.90. The Kier molecular flexibility index (Phi) is 9.75. The van der Waals surface area contributed by atoms with Gasteiger partial charge in [0, 0.05) is 26.3 Å². The third-order valence-corrected chi connectivity index (χ3v) is 7.11. The number of rotatable bonds is 4. The van der Waals surface area contributed by atoms with Gasteiger partial charge < -0.3 is 15.4 Å². The second-order valence-corrected chi connectivity index (χ2v) is 10.4. The van der Waals surface area contributed by atoms with E-state index in [0.717, 1.165) is 64.8 Å². The number of likely N-dealkylation sites (tertiary alicyclic amines) is 1. The fourth-order valence-electron chi connectivity index (χ4n) is 4.97. The molecule has 6 nitrogen and oxygen atoms in total. The second-order valence-electron chi connectivity index (χ2n) is 10.4. The third-order valence-electron chi connectivity index (χ3n) is 7.11. The molecular formula is C27H43N3O3. The number of nitrogens with one attached hydrogen (secondary N) is 2. The normalized spacial score (nSPS) is 23.7. The van der Waals surface area contributed by atoms with Crippen molar-refractivity contribution in [3.8, 4) is 0 Å². The fourth-order valence-corrected chi connectivity index (χ4v) is 4.97. The number of hydrogen-bond donors (Lipinski definition) is 2. The topological polar surface area (TPSA) is 70.7 Å². The average Bonchev–Trinajstić information content (AvgIpc) is 2.79. The summed E-state index contributed by atoms with van der Waals surface area (Å²) < 4.78 is 5.74. The van der Waals surface area contributed by atoms with Crippen molar-refractivity contribution in [1.82, 2.24) is 15.5 Å². The van der Waals surface area contributed by atoms with Gasteiger partial charge in [-0.25, -0.2) is 0 Å². The van der Waals surface area contributed by atoms with Crippen LogP contribution in [0.4, 0.5) is 0 Å². The van der Waals surface area contributed by atoms with Crippen LogP contribution in [-0.4, -0.2) is 55.6 Å². The molecule has 0 aromatic heterocycles. The largest absolute Gasteiger partial charge is 0.381 e. The average molecular weight is 458 g/mol. The standard InChI is InChI=1S/C27H43N3O3/c1-21(2)19-24-25(31)28-14-6-18-33-17-5-4-11-27(26(32)29-24)12-15-30(16-13-27)20-23-9-7-22(3)8-10-23/h7-10,21,24H,4-6,11-20H2,1-3H3,(H,28,31)(H,29,32)/t24-/m0/s1. The van der Waals surface area contributed by atoms with E-state index in [9.17, 15) is 9.59 Å². The highest BCUT2D eigenvalue weighted by atomic mass is 16.5. The van der Waals surface area contributed by atoms with E-state index < -0.39 is 11.5 Å². The Balaban J connectivity index is 1.69. The van der Waals surface area contributed by atoms with Gasteiger partial charge in [0.2, 0.25) is 11.8 Å². The highest BCUT2D eigenvalue weighted by Gasteiger charge is 2.42. The SMILES string of the molecule is Cc1ccc(CN2CCC3(CCCCOCCCNC(=O)[C@H](CC(C)C)NC3=O)CC2)cc1. The zero-order valence-corrected chi connectivity index (χ0v) is 20.8. The summed E-state index contributed by atoms with van der Waals surface area (Å²) in [4.78, 5) is 29.0. The highest BCUT2D eigenvalue weighted by Crippen LogP contribution is 2.38. The molecule has 2 N–H and O–H groups in total. The Bertz CT molecular complexity index is 754. The third kappa shape index (κ3) is 7.82. The van der Waals surface area contributed by atoms with Crippen LogP contribution in [0.1, 0.15) is 69.9 Å². The van der Waals surface area contributed by atoms with E-state index in [1.807, 2.05) is 0 Å². The lowest BCUT2D eigenvalue weighted by molar-refractivity contribution is -0.138. The predicted molar refractivity (Wildman–Crippen MR) is 132 cm³/mol. The molecule has 3 rings (SSSR count). The van der Waals surface area contributed by atoms with Crippen molar-refractivity contribution in [3.63, 3.8) is 0 Å². The van der Waals surface area contributed by atoms with Crippen LogP contribution < -0.4 is 10.6 Å². The van der Waals surface area contributed by atoms with Gasteiger partial charge in [0.05, 0.1) is 5.41 Å². The molecule has 2 fully saturated rings. The number of amides is 2. The van der Waals surface area contributed by atoms with E-state index >= 15 is 0 Å². The van der Waals surface area contributed by atoms with Crippen LogP contribution >= 0.6 is 0 Å². The first-order chi connectivity index (χ1) is 15.9. The first kappa shape index (κ1) is 25.7. The maximum Gasteiger partial charge on any atom is 0.242 e. The molecule has 2 aliphatic rings. The van der Waals surface area contributed by atoms with Crippen LogP contribution in [0.3, 0.4) is 0 Å². The van der Waals surface area contributed by atoms with E-state index in [4.69, 9.17) is 4.74 Å². The molecule has 1 spiro atoms. The molecule has 0 unspecified atom stereocenters. The number of hydrogen-bond acceptors (Lipinski definition) is 4. The van der Waals surface area contributed by atoms with Crippen LogP contribution in [0, 0.1) is 18.3 Å². The van der Waals surface area contributed by atoms with Gasteiger partial charge in [-0.15, -0.1) is 0 Å². The number of benzene rings is 1. The molecule has 0 saturated carbocycles. The molecule has 0 bridgehead atoms. The molecule has 1 atom stereocenters. The van der Waals surface area contributed by atoms with Crippen molar-refractivity contribution >= 4 is 11.8 Å². The van der Waals surface area contributed by atoms with Gasteiger partial charge >= 0.3 is 0 Å². The summed E-state index contributed by atoms with van der Waals surface area (Å²) in [6.07, 6.45) is 5.94. The number of carbonyl (C=O) groups excluding carboxylic acids is 2. The number of nitrogens with zero attached hydrogens (tertiary/aromatic N) is 1. The summed E-state index contributed by atoms with van der Waals surface area (Å²) in [5, 5.41) is 6.18. The Morgan fingerprint density at radius 2 is 1.73 bits per heavy atom. The quantitative estimate of drug-likeness (QED) is 0.721. The van der Waals surface area contributed by atoms with Crippen LogP contribution in [0.25, 0.3) is 0 Å². The minimum Gasteiger partial charge on any atom is -0.381 e. The molecule has 2 amide bonds. The van der Waals surface area contributed by atoms with Crippen molar-refractivity contribution in [2.24, 2.45) is 11.3 Å². The van der Waals surface area contributed by atoms with E-state index in [0.29, 0.717) is 25.5 Å². The van der Waals surface area contributed by atoms with Crippen molar-refractivity contribution in [2.45, 2.75) is 78.3 Å². The van der Waals surface area contributed by atoms with Gasteiger partial charge in [0.1, 0.15) is 6.04 Å². The molecule has 1 aromatic rings. The maximum atomic E-state index is 13.7. The van der Waals surface area contributed by atoms with Crippen molar-refractivity contribution in [2.75, 3.05) is 32.8 Å². The minimum absolute atomic E-state index is 0.0660. The molecule has 6 heteroatoms. The number of aryl methyl sites for hydroxylation is 1. The van der Waals surface area contributed by atoms with Crippen molar-refractivity contribution in [3.05, 3.63) is 35.4 Å². The zero-order valence-electron chi connectivity index (χ0n) is 20.8. The van der Waals surface area contributed by atoms with Gasteiger partial charge in [-0.1, -0.05) is 50.1 Å². The second kappa shape index (κ2) is 12.5. The lowest BCUT2D eigenvalue weighted by atomic mass is 9.73. The van der Waals surface area contributed by atoms with Gasteiger partial charge in [0.25, 0.3) is 0 Å². The molecule has 0 aliphatic carbocycles. The Morgan fingerprint density at radius 3 is 2.42 bits per heavy atom. The maximum absolute atomic E-state index is 13.7. The molecule has 0 radical (unpaired) electrons. The van der Waals surface area contributed by atoms with Crippen molar-refractivity contribution < 1.29 is 14.3 Å². The summed E-state index contributed by atoms with van der Waals surface area (Å²) in [7, 11) is 0. The number of piperidine rings is 1. The molecule has 1 aromatic carbocycles. The lowest BCUT2D eigenvalue weighted by Crippen LogP contribution is -2.55. The monoisotopic (exact) mass is 457 g/mol. The summed E-state index contributed by atoms with van der Waals surface area (Å²) in [5.41, 5.74) is 2.19. The van der Waals surface area contributed by atoms with Gasteiger partial charge in [-0.05, 0) is 70.0 Å². The minimum atomic E-state index is -0.469. The van der Waals surface area contributed by atoms with E-state index in [2.05, 4.69) is 60.6 Å². The van der Waals surface area contributed by atoms with Gasteiger partial charge in [-0.2, -0.15) is 0 Å². The fraction of sp³-hybridized carbons (Fsp3) is 0.704. The first-order valence-corrected chi connectivity index (χ1v) is 12.8. The zero-order chi connectivity index (χ0) is 23.7. The first-order valence-electron chi connectivity index (χ1n) is 12.8. The van der Waals surface area contributed by atoms with E-state index in [-0.39, 0.29) is 11.8 Å². The van der Waals surface area contributed by atoms with Crippen LogP contribution in [0.2, 0.25) is 0 Å². The molecule has 33 heavy (non-hydrogen) atoms. The molecule has 2 aliphatic heterocycles. The van der Waals surface area contributed by atoms with Crippen LogP contribution in [0.15, 0.2) is 24.3 Å². The van der Waals surface area contributed by atoms with Crippen molar-refractivity contribution in [1.29, 1.82) is 0 Å². The van der Waals surface area contributed by atoms with E-state index in [1.165, 1.54) is 11.1 Å². The smallest absolute Gasteiger partial charge is 0.242 e. The molecule has 184 valence electrons. The Hall–Kier alpha value is -1.92. The van der Waals surface area contributed by atoms with E-state index in [1.54, 1.807) is 0 Å². The summed E-state index contributed by atoms with van der Waals surface area (Å²) in [6.45, 7) is 11.0. The number of ether oxygens (including phenoxy) is 1. The Morgan fingerprint density at radius 1 is 1.03 bits per heavy atom. The molecular weight excluding hydrogens is 414 g/mol. The molecule has 2 saturated heterocycles. The van der Waals surface area contributed by atoms with Gasteiger partial charge in [-0.3, -0.25) is 14.5 Å². The van der Waals surface area contributed by atoms with Crippen LogP contribution in [0.5, 0.6) is 0 Å². The molecule has 2 heterocycles. The summed E-state index contributed by atoms with van der Waals surface area (Å²) in [5.74, 6) is 0.327. The predicted octanol–water partition coefficient (Wildman–Crippen LogP) is 3.81. The number of carbonyl (C=O) groups is 2. The summed E-state index contributed by atoms with van der Waals surface area (Å²) in [6, 6.07) is 8.25. The Labute approximate surface area is 199 Å².